The summed E-state index contributed by atoms with van der Waals surface area (Å²) in [7, 11) is -9.93. The number of rotatable bonds is 85. The molecule has 624 valence electrons. The minimum atomic E-state index is -4.97. The van der Waals surface area contributed by atoms with Gasteiger partial charge < -0.3 is 33.8 Å². The van der Waals surface area contributed by atoms with E-state index in [1.807, 2.05) is 0 Å². The Morgan fingerprint density at radius 1 is 0.267 bits per heavy atom. The van der Waals surface area contributed by atoms with Gasteiger partial charge in [-0.3, -0.25) is 37.3 Å². The van der Waals surface area contributed by atoms with Crippen LogP contribution in [0.25, 0.3) is 0 Å². The minimum absolute atomic E-state index is 0.104. The van der Waals surface area contributed by atoms with Gasteiger partial charge in [0.15, 0.2) is 12.2 Å². The van der Waals surface area contributed by atoms with Gasteiger partial charge in [-0.2, -0.15) is 0 Å². The molecule has 0 heterocycles. The number of hydrogen-bond acceptors (Lipinski definition) is 15. The molecule has 17 nitrogen and oxygen atoms in total. The minimum Gasteiger partial charge on any atom is -0.462 e. The number of carbonyl (C=O) groups excluding carboxylic acids is 4. The van der Waals surface area contributed by atoms with Gasteiger partial charge in [0.05, 0.1) is 26.4 Å². The third-order valence-electron chi connectivity index (χ3n) is 20.9. The first kappa shape index (κ1) is 103. The molecule has 0 aliphatic rings. The molecule has 0 spiro atoms. The Morgan fingerprint density at radius 2 is 0.457 bits per heavy atom. The Kier molecular flexibility index (Phi) is 76.0. The number of aliphatic hydroxyl groups is 1. The van der Waals surface area contributed by atoms with E-state index in [9.17, 15) is 43.2 Å². The van der Waals surface area contributed by atoms with E-state index < -0.39 is 97.5 Å². The number of unbranched alkanes of at least 4 members (excludes halogenated alkanes) is 53. The van der Waals surface area contributed by atoms with E-state index in [0.717, 1.165) is 108 Å². The predicted octanol–water partition coefficient (Wildman–Crippen LogP) is 26.2. The van der Waals surface area contributed by atoms with E-state index in [1.165, 1.54) is 270 Å². The van der Waals surface area contributed by atoms with Crippen molar-refractivity contribution < 1.29 is 80.2 Å². The lowest BCUT2D eigenvalue weighted by Crippen LogP contribution is -2.30. The number of hydrogen-bond donors (Lipinski definition) is 3. The quantitative estimate of drug-likeness (QED) is 0.0222. The third kappa shape index (κ3) is 77.2. The van der Waals surface area contributed by atoms with Crippen molar-refractivity contribution in [2.75, 3.05) is 39.6 Å². The normalized spacial score (nSPS) is 14.3. The first-order valence-corrected chi connectivity index (χ1v) is 47.6. The number of esters is 4. The highest BCUT2D eigenvalue weighted by Gasteiger charge is 2.30. The van der Waals surface area contributed by atoms with E-state index in [1.54, 1.807) is 0 Å². The molecule has 0 aliphatic carbocycles. The molecule has 0 aromatic rings. The van der Waals surface area contributed by atoms with E-state index >= 15 is 0 Å². The van der Waals surface area contributed by atoms with Crippen LogP contribution >= 0.6 is 15.6 Å². The molecule has 7 atom stereocenters. The van der Waals surface area contributed by atoms with Crippen LogP contribution in [0.1, 0.15) is 459 Å². The molecular formula is C86H168O17P2. The Bertz CT molecular complexity index is 2010. The SMILES string of the molecule is CCCCCCCCCCCCCCCCCCCCCCCCC(=O)O[C@H](COC(=O)CCCCCCCCCCCCCCCCCCCCCCC)COP(=O)(O)OC[C@@H](O)COP(=O)(O)OC[C@@H](COC(=O)CCCCCCCCC(C)CC)OC(=O)CCCCCCCCCCC(C)CC. The number of carbonyl (C=O) groups is 4. The summed E-state index contributed by atoms with van der Waals surface area (Å²) in [5.41, 5.74) is 0. The van der Waals surface area contributed by atoms with Crippen molar-refractivity contribution >= 4 is 39.5 Å². The van der Waals surface area contributed by atoms with Gasteiger partial charge in [0.25, 0.3) is 0 Å². The summed E-state index contributed by atoms with van der Waals surface area (Å²) >= 11 is 0. The lowest BCUT2D eigenvalue weighted by Gasteiger charge is -2.21. The number of phosphoric ester groups is 2. The standard InChI is InChI=1S/C86H168O17P2/c1-7-11-13-15-17-19-21-23-25-27-29-31-33-35-37-39-41-43-45-50-58-64-70-85(90)102-81(74-96-83(88)68-62-56-49-44-42-40-38-36-34-32-30-28-26-24-22-20-18-16-14-12-8-2)76-100-104(92,93)98-72-80(87)73-99-105(94,95)101-77-82(75-97-84(89)69-63-57-53-52-55-61-67-79(6)10-4)103-86(91)71-65-59-51-47-46-48-54-60-66-78(5)9-3/h78-82,87H,7-77H2,1-6H3,(H,92,93)(H,94,95)/t78?,79?,80-,81-,82-/m1/s1. The Labute approximate surface area is 645 Å². The molecule has 0 aromatic heterocycles. The van der Waals surface area contributed by atoms with Crippen LogP contribution in [0.5, 0.6) is 0 Å². The van der Waals surface area contributed by atoms with Crippen LogP contribution in [0.4, 0.5) is 0 Å². The van der Waals surface area contributed by atoms with Crippen molar-refractivity contribution in [2.24, 2.45) is 11.8 Å². The zero-order chi connectivity index (χ0) is 77.1. The summed E-state index contributed by atoms with van der Waals surface area (Å²) in [4.78, 5) is 73.1. The second-order valence-corrected chi connectivity index (χ2v) is 34.3. The number of ether oxygens (including phenoxy) is 4. The summed E-state index contributed by atoms with van der Waals surface area (Å²) < 4.78 is 68.8. The predicted molar refractivity (Wildman–Crippen MR) is 432 cm³/mol. The zero-order valence-corrected chi connectivity index (χ0v) is 70.8. The highest BCUT2D eigenvalue weighted by atomic mass is 31.2. The van der Waals surface area contributed by atoms with Gasteiger partial charge in [-0.15, -0.1) is 0 Å². The smallest absolute Gasteiger partial charge is 0.462 e. The van der Waals surface area contributed by atoms with Crippen molar-refractivity contribution in [3.05, 3.63) is 0 Å². The van der Waals surface area contributed by atoms with Crippen molar-refractivity contribution in [3.8, 4) is 0 Å². The molecular weight excluding hydrogens is 1370 g/mol. The van der Waals surface area contributed by atoms with Crippen LogP contribution < -0.4 is 0 Å². The Hall–Kier alpha value is -1.94. The molecule has 0 saturated heterocycles. The van der Waals surface area contributed by atoms with Gasteiger partial charge in [0, 0.05) is 25.7 Å². The molecule has 4 unspecified atom stereocenters. The van der Waals surface area contributed by atoms with Crippen LogP contribution in [0.15, 0.2) is 0 Å². The highest BCUT2D eigenvalue weighted by Crippen LogP contribution is 2.45. The molecule has 19 heteroatoms. The van der Waals surface area contributed by atoms with Crippen LogP contribution in [0.3, 0.4) is 0 Å². The highest BCUT2D eigenvalue weighted by molar-refractivity contribution is 7.47. The summed E-state index contributed by atoms with van der Waals surface area (Å²) in [6, 6.07) is 0. The first-order valence-electron chi connectivity index (χ1n) is 44.6. The van der Waals surface area contributed by atoms with Crippen LogP contribution in [0, 0.1) is 11.8 Å². The molecule has 3 N–H and O–H groups in total. The Morgan fingerprint density at radius 3 is 0.676 bits per heavy atom. The van der Waals surface area contributed by atoms with Crippen LogP contribution in [0.2, 0.25) is 0 Å². The van der Waals surface area contributed by atoms with Crippen LogP contribution in [-0.4, -0.2) is 96.7 Å². The average Bonchev–Trinajstić information content (AvgIpc) is 0.938. The molecule has 0 fully saturated rings. The molecule has 0 radical (unpaired) electrons. The molecule has 0 bridgehead atoms. The maximum absolute atomic E-state index is 13.1. The van der Waals surface area contributed by atoms with Gasteiger partial charge in [0.1, 0.15) is 19.3 Å². The second kappa shape index (κ2) is 77.4. The maximum Gasteiger partial charge on any atom is 0.472 e. The molecule has 0 saturated carbocycles. The van der Waals surface area contributed by atoms with Crippen molar-refractivity contribution in [1.29, 1.82) is 0 Å². The largest absolute Gasteiger partial charge is 0.472 e. The lowest BCUT2D eigenvalue weighted by atomic mass is 9.99. The fourth-order valence-electron chi connectivity index (χ4n) is 13.4. The Balaban J connectivity index is 5.20. The molecule has 0 amide bonds. The van der Waals surface area contributed by atoms with Gasteiger partial charge in [-0.05, 0) is 37.5 Å². The summed E-state index contributed by atoms with van der Waals surface area (Å²) in [6.45, 7) is 9.61. The van der Waals surface area contributed by atoms with E-state index in [-0.39, 0.29) is 25.7 Å². The molecule has 0 rings (SSSR count). The average molecular weight is 1540 g/mol. The molecule has 105 heavy (non-hydrogen) atoms. The molecule has 0 aliphatic heterocycles. The number of phosphoric acid groups is 2. The van der Waals surface area contributed by atoms with Crippen molar-refractivity contribution in [2.45, 2.75) is 477 Å². The van der Waals surface area contributed by atoms with Crippen molar-refractivity contribution in [1.82, 2.24) is 0 Å². The molecule has 0 aromatic carbocycles. The van der Waals surface area contributed by atoms with E-state index in [0.29, 0.717) is 25.7 Å². The summed E-state index contributed by atoms with van der Waals surface area (Å²) in [6.07, 6.45) is 69.7. The zero-order valence-electron chi connectivity index (χ0n) is 69.0. The topological polar surface area (TPSA) is 237 Å². The van der Waals surface area contributed by atoms with Gasteiger partial charge in [-0.1, -0.05) is 408 Å². The maximum atomic E-state index is 13.1. The summed E-state index contributed by atoms with van der Waals surface area (Å²) in [5.74, 6) is -0.608. The fraction of sp³-hybridized carbons (Fsp3) is 0.953. The van der Waals surface area contributed by atoms with Gasteiger partial charge in [0.2, 0.25) is 0 Å². The summed E-state index contributed by atoms with van der Waals surface area (Å²) in [5, 5.41) is 10.7. The fourth-order valence-corrected chi connectivity index (χ4v) is 14.9. The first-order chi connectivity index (χ1) is 50.9. The second-order valence-electron chi connectivity index (χ2n) is 31.4. The monoisotopic (exact) mass is 1540 g/mol. The van der Waals surface area contributed by atoms with Gasteiger partial charge >= 0.3 is 39.5 Å². The van der Waals surface area contributed by atoms with E-state index in [4.69, 9.17) is 37.0 Å². The van der Waals surface area contributed by atoms with Crippen LogP contribution in [-0.2, 0) is 65.4 Å². The lowest BCUT2D eigenvalue weighted by molar-refractivity contribution is -0.161. The number of aliphatic hydroxyl groups excluding tert-OH is 1. The van der Waals surface area contributed by atoms with Gasteiger partial charge in [-0.25, -0.2) is 9.13 Å². The third-order valence-corrected chi connectivity index (χ3v) is 22.8. The van der Waals surface area contributed by atoms with E-state index in [2.05, 4.69) is 41.5 Å². The van der Waals surface area contributed by atoms with Crippen molar-refractivity contribution in [3.63, 3.8) is 0 Å².